The van der Waals surface area contributed by atoms with Crippen LogP contribution in [0.25, 0.3) is 0 Å². The fraction of sp³-hybridized carbons (Fsp3) is 0.176. The van der Waals surface area contributed by atoms with Crippen LogP contribution in [-0.2, 0) is 14.6 Å². The van der Waals surface area contributed by atoms with Crippen LogP contribution < -0.4 is 4.90 Å². The van der Waals surface area contributed by atoms with Gasteiger partial charge in [-0.1, -0.05) is 23.7 Å². The molecule has 0 aliphatic carbocycles. The number of nitrogens with zero attached hydrogens (tertiary/aromatic N) is 2. The van der Waals surface area contributed by atoms with E-state index in [0.29, 0.717) is 16.3 Å². The van der Waals surface area contributed by atoms with Crippen molar-refractivity contribution in [1.29, 1.82) is 0 Å². The van der Waals surface area contributed by atoms with E-state index in [1.54, 1.807) is 36.4 Å². The van der Waals surface area contributed by atoms with Crippen molar-refractivity contribution in [1.82, 2.24) is 0 Å². The lowest BCUT2D eigenvalue weighted by atomic mass is 10.00. The number of amides is 1. The molecule has 0 unspecified atom stereocenters. The average molecular weight is 381 g/mol. The number of sulfone groups is 1. The van der Waals surface area contributed by atoms with Gasteiger partial charge in [0.05, 0.1) is 11.4 Å². The van der Waals surface area contributed by atoms with Crippen LogP contribution in [0.1, 0.15) is 11.1 Å². The van der Waals surface area contributed by atoms with Gasteiger partial charge in [0.2, 0.25) is 5.91 Å². The molecular formula is C17H14ClFN2O3S. The molecule has 8 heteroatoms. The van der Waals surface area contributed by atoms with E-state index in [0.717, 1.165) is 11.2 Å². The second-order valence-electron chi connectivity index (χ2n) is 5.68. The summed E-state index contributed by atoms with van der Waals surface area (Å²) >= 11 is 6.07. The maximum Gasteiger partial charge on any atom is 0.249 e. The Kier molecular flexibility index (Phi) is 4.62. The molecular weight excluding hydrogens is 367 g/mol. The predicted octanol–water partition coefficient (Wildman–Crippen LogP) is 2.67. The minimum Gasteiger partial charge on any atom is -0.295 e. The molecule has 0 N–H and O–H groups in total. The summed E-state index contributed by atoms with van der Waals surface area (Å²) in [6.07, 6.45) is 1.04. The summed E-state index contributed by atoms with van der Waals surface area (Å²) in [6.45, 7) is -0.286. The summed E-state index contributed by atoms with van der Waals surface area (Å²) in [7, 11) is -3.47. The lowest BCUT2D eigenvalue weighted by Crippen LogP contribution is -2.36. The van der Waals surface area contributed by atoms with Gasteiger partial charge >= 0.3 is 0 Å². The molecule has 0 saturated carbocycles. The zero-order valence-corrected chi connectivity index (χ0v) is 14.8. The Balaban J connectivity index is 2.23. The molecule has 1 aliphatic rings. The number of halogens is 2. The third kappa shape index (κ3) is 3.72. The lowest BCUT2D eigenvalue weighted by molar-refractivity contribution is -0.117. The molecule has 0 radical (unpaired) electrons. The Morgan fingerprint density at radius 3 is 2.60 bits per heavy atom. The molecule has 25 heavy (non-hydrogen) atoms. The first-order valence-corrected chi connectivity index (χ1v) is 9.77. The number of aliphatic imine (C=N–C) groups is 1. The van der Waals surface area contributed by atoms with Crippen molar-refractivity contribution in [3.63, 3.8) is 0 Å². The molecule has 2 aromatic rings. The van der Waals surface area contributed by atoms with Gasteiger partial charge in [0.25, 0.3) is 0 Å². The predicted molar refractivity (Wildman–Crippen MR) is 95.6 cm³/mol. The molecule has 130 valence electrons. The molecule has 2 aromatic carbocycles. The van der Waals surface area contributed by atoms with Gasteiger partial charge in [0.15, 0.2) is 9.84 Å². The highest BCUT2D eigenvalue weighted by Gasteiger charge is 2.28. The standard InChI is InChI=1S/C17H14ClFN2O3S/c1-25(23,24)10-21-15-7-6-11(18)8-13(15)17(20-9-16(21)22)12-4-2-3-5-14(12)19/h2-8H,9-10H2,1H3. The van der Waals surface area contributed by atoms with E-state index < -0.39 is 27.4 Å². The van der Waals surface area contributed by atoms with Crippen LogP contribution in [-0.4, -0.2) is 38.7 Å². The summed E-state index contributed by atoms with van der Waals surface area (Å²) in [6, 6.07) is 10.7. The number of anilines is 1. The Morgan fingerprint density at radius 1 is 1.20 bits per heavy atom. The van der Waals surface area contributed by atoms with E-state index in [1.165, 1.54) is 6.07 Å². The Hall–Kier alpha value is -2.25. The average Bonchev–Trinajstić information content (AvgIpc) is 2.65. The number of benzene rings is 2. The van der Waals surface area contributed by atoms with Gasteiger partial charge in [-0.15, -0.1) is 0 Å². The van der Waals surface area contributed by atoms with Crippen LogP contribution in [0.2, 0.25) is 5.02 Å². The molecule has 0 saturated heterocycles. The zero-order valence-electron chi connectivity index (χ0n) is 13.2. The van der Waals surface area contributed by atoms with E-state index >= 15 is 0 Å². The van der Waals surface area contributed by atoms with E-state index in [1.807, 2.05) is 0 Å². The van der Waals surface area contributed by atoms with Gasteiger partial charge in [0, 0.05) is 22.4 Å². The molecule has 0 atom stereocenters. The summed E-state index contributed by atoms with van der Waals surface area (Å²) in [5.74, 6) is -1.46. The molecule has 1 aliphatic heterocycles. The second-order valence-corrected chi connectivity index (χ2v) is 8.23. The molecule has 0 aromatic heterocycles. The molecule has 1 heterocycles. The quantitative estimate of drug-likeness (QED) is 0.822. The minimum absolute atomic E-state index is 0.222. The number of hydrogen-bond donors (Lipinski definition) is 0. The van der Waals surface area contributed by atoms with Gasteiger partial charge in [-0.3, -0.25) is 14.7 Å². The summed E-state index contributed by atoms with van der Waals surface area (Å²) in [5, 5.41) is 0.372. The highest BCUT2D eigenvalue weighted by molar-refractivity contribution is 7.90. The van der Waals surface area contributed by atoms with Crippen LogP contribution in [0, 0.1) is 5.82 Å². The van der Waals surface area contributed by atoms with E-state index in [2.05, 4.69) is 4.99 Å². The number of carbonyl (C=O) groups excluding carboxylic acids is 1. The first-order valence-electron chi connectivity index (χ1n) is 7.33. The normalized spacial score (nSPS) is 14.8. The van der Waals surface area contributed by atoms with Crippen molar-refractivity contribution >= 4 is 38.7 Å². The van der Waals surface area contributed by atoms with Crippen LogP contribution in [0.15, 0.2) is 47.5 Å². The summed E-state index contributed by atoms with van der Waals surface area (Å²) < 4.78 is 37.7. The van der Waals surface area contributed by atoms with E-state index in [9.17, 15) is 17.6 Å². The number of carbonyl (C=O) groups is 1. The van der Waals surface area contributed by atoms with E-state index in [4.69, 9.17) is 11.6 Å². The largest absolute Gasteiger partial charge is 0.295 e. The van der Waals surface area contributed by atoms with Crippen molar-refractivity contribution in [3.8, 4) is 0 Å². The molecule has 1 amide bonds. The van der Waals surface area contributed by atoms with Gasteiger partial charge in [0.1, 0.15) is 18.2 Å². The van der Waals surface area contributed by atoms with Crippen molar-refractivity contribution in [2.24, 2.45) is 4.99 Å². The third-order valence-corrected chi connectivity index (χ3v) is 4.63. The molecule has 5 nitrogen and oxygen atoms in total. The first-order chi connectivity index (χ1) is 11.8. The molecule has 3 rings (SSSR count). The SMILES string of the molecule is CS(=O)(=O)CN1C(=O)CN=C(c2ccccc2F)c2cc(Cl)ccc21. The molecule has 0 fully saturated rings. The molecule has 0 bridgehead atoms. The van der Waals surface area contributed by atoms with Crippen LogP contribution in [0.4, 0.5) is 10.1 Å². The van der Waals surface area contributed by atoms with Crippen molar-refractivity contribution < 1.29 is 17.6 Å². The zero-order chi connectivity index (χ0) is 18.2. The summed E-state index contributed by atoms with van der Waals surface area (Å²) in [4.78, 5) is 17.8. The van der Waals surface area contributed by atoms with Crippen LogP contribution >= 0.6 is 11.6 Å². The highest BCUT2D eigenvalue weighted by Crippen LogP contribution is 2.30. The van der Waals surface area contributed by atoms with Crippen molar-refractivity contribution in [3.05, 3.63) is 64.4 Å². The fourth-order valence-corrected chi connectivity index (χ4v) is 3.57. The maximum absolute atomic E-state index is 14.3. The monoisotopic (exact) mass is 380 g/mol. The van der Waals surface area contributed by atoms with Gasteiger partial charge in [-0.05, 0) is 30.3 Å². The Morgan fingerprint density at radius 2 is 1.92 bits per heavy atom. The van der Waals surface area contributed by atoms with Crippen molar-refractivity contribution in [2.75, 3.05) is 23.6 Å². The van der Waals surface area contributed by atoms with Gasteiger partial charge in [-0.2, -0.15) is 0 Å². The number of rotatable bonds is 3. The van der Waals surface area contributed by atoms with E-state index in [-0.39, 0.29) is 17.8 Å². The smallest absolute Gasteiger partial charge is 0.249 e. The van der Waals surface area contributed by atoms with Crippen LogP contribution in [0.3, 0.4) is 0 Å². The van der Waals surface area contributed by atoms with Crippen LogP contribution in [0.5, 0.6) is 0 Å². The Bertz CT molecular complexity index is 989. The van der Waals surface area contributed by atoms with Crippen molar-refractivity contribution in [2.45, 2.75) is 0 Å². The Labute approximate surface area is 149 Å². The van der Waals surface area contributed by atoms with Gasteiger partial charge < -0.3 is 0 Å². The second kappa shape index (κ2) is 6.57. The number of benzodiazepines with no additional fused rings is 1. The van der Waals surface area contributed by atoms with Gasteiger partial charge in [-0.25, -0.2) is 12.8 Å². The molecule has 0 spiro atoms. The topological polar surface area (TPSA) is 66.8 Å². The minimum atomic E-state index is -3.47. The first kappa shape index (κ1) is 17.6. The highest BCUT2D eigenvalue weighted by atomic mass is 35.5. The third-order valence-electron chi connectivity index (χ3n) is 3.67. The number of fused-ring (bicyclic) bond motifs is 1. The fourth-order valence-electron chi connectivity index (χ4n) is 2.64. The lowest BCUT2D eigenvalue weighted by Gasteiger charge is -2.22. The maximum atomic E-state index is 14.3. The number of hydrogen-bond acceptors (Lipinski definition) is 4. The summed E-state index contributed by atoms with van der Waals surface area (Å²) in [5.41, 5.74) is 1.23.